The average molecular weight is 544 g/mol. The summed E-state index contributed by atoms with van der Waals surface area (Å²) < 4.78 is 11.8. The van der Waals surface area contributed by atoms with Crippen LogP contribution < -0.4 is 5.32 Å². The van der Waals surface area contributed by atoms with Crippen molar-refractivity contribution in [2.24, 2.45) is 5.11 Å². The summed E-state index contributed by atoms with van der Waals surface area (Å²) in [5.74, 6) is -0.635. The molecule has 2 unspecified atom stereocenters. The van der Waals surface area contributed by atoms with Gasteiger partial charge in [0.25, 0.3) is 5.91 Å². The first-order valence-electron chi connectivity index (χ1n) is 14.1. The van der Waals surface area contributed by atoms with Gasteiger partial charge in [-0.25, -0.2) is 4.79 Å². The standard InChI is InChI=1S/C26H46ClN5O5/c1-3-4-5-6-7-8-9-10-11-12-13-14-15-16-17-36-24-26(2,27)23(34)29-25(35)32(24)22-18-20(30-31-28)21(19-33)37-22/h20-22,24,33H,3-19H2,1-2H3,(H,29,34,35)/t20-,21+,22+,24?,26?/m1/s1. The van der Waals surface area contributed by atoms with Gasteiger partial charge < -0.3 is 14.6 Å². The summed E-state index contributed by atoms with van der Waals surface area (Å²) in [5, 5.41) is 15.5. The molecule has 2 N–H and O–H groups in total. The molecule has 0 saturated carbocycles. The predicted molar refractivity (Wildman–Crippen MR) is 143 cm³/mol. The molecule has 2 aliphatic heterocycles. The average Bonchev–Trinajstić information content (AvgIpc) is 3.27. The number of aliphatic hydroxyl groups is 1. The third-order valence-corrected chi connectivity index (χ3v) is 7.64. The molecule has 10 nitrogen and oxygen atoms in total. The smallest absolute Gasteiger partial charge is 0.328 e. The lowest BCUT2D eigenvalue weighted by atomic mass is 10.0. The van der Waals surface area contributed by atoms with Crippen LogP contribution in [0.25, 0.3) is 10.4 Å². The minimum absolute atomic E-state index is 0.169. The van der Waals surface area contributed by atoms with Crippen molar-refractivity contribution < 1.29 is 24.2 Å². The molecule has 0 aromatic heterocycles. The Hall–Kier alpha value is -1.58. The second-order valence-electron chi connectivity index (χ2n) is 10.4. The summed E-state index contributed by atoms with van der Waals surface area (Å²) in [6.45, 7) is 3.73. The summed E-state index contributed by atoms with van der Waals surface area (Å²) in [7, 11) is 0. The number of carbonyl (C=O) groups excluding carboxylic acids is 2. The van der Waals surface area contributed by atoms with E-state index in [0.717, 1.165) is 19.3 Å². The van der Waals surface area contributed by atoms with E-state index in [4.69, 9.17) is 26.6 Å². The van der Waals surface area contributed by atoms with Gasteiger partial charge >= 0.3 is 6.03 Å². The van der Waals surface area contributed by atoms with E-state index < -0.39 is 41.4 Å². The molecule has 2 heterocycles. The van der Waals surface area contributed by atoms with Crippen molar-refractivity contribution in [2.45, 2.75) is 140 Å². The van der Waals surface area contributed by atoms with Gasteiger partial charge in [0.15, 0.2) is 11.1 Å². The van der Waals surface area contributed by atoms with Crippen LogP contribution in [0.15, 0.2) is 5.11 Å². The highest BCUT2D eigenvalue weighted by molar-refractivity contribution is 6.36. The van der Waals surface area contributed by atoms with Crippen LogP contribution in [-0.2, 0) is 14.3 Å². The summed E-state index contributed by atoms with van der Waals surface area (Å²) in [6, 6.07) is -1.32. The zero-order valence-electron chi connectivity index (χ0n) is 22.6. The summed E-state index contributed by atoms with van der Waals surface area (Å²) in [6.07, 6.45) is 15.0. The van der Waals surface area contributed by atoms with Crippen molar-refractivity contribution in [3.8, 4) is 0 Å². The molecule has 0 aromatic carbocycles. The SMILES string of the molecule is CCCCCCCCCCCCCCCCOC1N([C@@H]2C[C@@H](N=[N+]=[N-])[C@H](CO)O2)C(=O)NC(=O)C1(C)Cl. The fourth-order valence-electron chi connectivity index (χ4n) is 5.01. The number of nitrogens with zero attached hydrogens (tertiary/aromatic N) is 4. The van der Waals surface area contributed by atoms with Crippen LogP contribution in [0.1, 0.15) is 110 Å². The quantitative estimate of drug-likeness (QED) is 0.0662. The minimum Gasteiger partial charge on any atom is -0.394 e. The highest BCUT2D eigenvalue weighted by Crippen LogP contribution is 2.35. The third-order valence-electron chi connectivity index (χ3n) is 7.28. The molecule has 0 spiro atoms. The molecule has 2 rings (SSSR count). The van der Waals surface area contributed by atoms with E-state index in [1.807, 2.05) is 0 Å². The normalized spacial score (nSPS) is 27.8. The van der Waals surface area contributed by atoms with Crippen molar-refractivity contribution in [3.05, 3.63) is 10.4 Å². The Balaban J connectivity index is 1.71. The lowest BCUT2D eigenvalue weighted by Crippen LogP contribution is -2.69. The first kappa shape index (κ1) is 31.6. The van der Waals surface area contributed by atoms with Crippen LogP contribution in [0.3, 0.4) is 0 Å². The van der Waals surface area contributed by atoms with Crippen LogP contribution >= 0.6 is 11.6 Å². The first-order chi connectivity index (χ1) is 17.9. The Labute approximate surface area is 226 Å². The maximum absolute atomic E-state index is 12.7. The molecule has 0 aromatic rings. The highest BCUT2D eigenvalue weighted by atomic mass is 35.5. The van der Waals surface area contributed by atoms with Crippen LogP contribution in [0, 0.1) is 0 Å². The number of halogens is 1. The fourth-order valence-corrected chi connectivity index (χ4v) is 5.23. The minimum atomic E-state index is -1.52. The Bertz CT molecular complexity index is 749. The maximum atomic E-state index is 12.7. The lowest BCUT2D eigenvalue weighted by molar-refractivity contribution is -0.161. The molecule has 212 valence electrons. The zero-order chi connectivity index (χ0) is 27.1. The van der Waals surface area contributed by atoms with Gasteiger partial charge in [0.1, 0.15) is 6.23 Å². The number of hydrogen-bond donors (Lipinski definition) is 2. The number of nitrogens with one attached hydrogen (secondary N) is 1. The number of unbranched alkanes of at least 4 members (excludes halogenated alkanes) is 13. The van der Waals surface area contributed by atoms with E-state index in [1.54, 1.807) is 0 Å². The molecule has 5 atom stereocenters. The van der Waals surface area contributed by atoms with Gasteiger partial charge in [-0.1, -0.05) is 95.5 Å². The lowest BCUT2D eigenvalue weighted by Gasteiger charge is -2.45. The van der Waals surface area contributed by atoms with E-state index in [-0.39, 0.29) is 13.0 Å². The van der Waals surface area contributed by atoms with Gasteiger partial charge in [-0.3, -0.25) is 15.0 Å². The molecule has 3 amide bonds. The Kier molecular flexibility index (Phi) is 14.6. The molecule has 2 saturated heterocycles. The summed E-state index contributed by atoms with van der Waals surface area (Å²) >= 11 is 6.54. The zero-order valence-corrected chi connectivity index (χ0v) is 23.3. The van der Waals surface area contributed by atoms with Crippen LogP contribution in [0.2, 0.25) is 0 Å². The second kappa shape index (κ2) is 17.1. The van der Waals surface area contributed by atoms with Crippen molar-refractivity contribution in [3.63, 3.8) is 0 Å². The number of alkyl halides is 1. The number of aliphatic hydroxyl groups excluding tert-OH is 1. The highest BCUT2D eigenvalue weighted by Gasteiger charge is 2.54. The molecule has 0 aliphatic carbocycles. The van der Waals surface area contributed by atoms with Crippen LogP contribution in [-0.4, -0.2) is 64.6 Å². The van der Waals surface area contributed by atoms with E-state index in [0.29, 0.717) is 6.61 Å². The van der Waals surface area contributed by atoms with Gasteiger partial charge in [0, 0.05) is 17.9 Å². The van der Waals surface area contributed by atoms with Crippen LogP contribution in [0.5, 0.6) is 0 Å². The van der Waals surface area contributed by atoms with Crippen molar-refractivity contribution >= 4 is 23.5 Å². The fraction of sp³-hybridized carbons (Fsp3) is 0.923. The maximum Gasteiger partial charge on any atom is 0.328 e. The molecule has 2 fully saturated rings. The van der Waals surface area contributed by atoms with Crippen molar-refractivity contribution in [2.75, 3.05) is 13.2 Å². The van der Waals surface area contributed by atoms with Gasteiger partial charge in [0.2, 0.25) is 0 Å². The van der Waals surface area contributed by atoms with Crippen molar-refractivity contribution in [1.82, 2.24) is 10.2 Å². The second-order valence-corrected chi connectivity index (χ2v) is 11.2. The molecule has 2 aliphatic rings. The predicted octanol–water partition coefficient (Wildman–Crippen LogP) is 6.15. The number of carbonyl (C=O) groups is 2. The number of hydrogen-bond acceptors (Lipinski definition) is 6. The number of imide groups is 1. The molecule has 37 heavy (non-hydrogen) atoms. The Morgan fingerprint density at radius 1 is 1.08 bits per heavy atom. The van der Waals surface area contributed by atoms with Gasteiger partial charge in [0.05, 0.1) is 18.8 Å². The Morgan fingerprint density at radius 2 is 1.62 bits per heavy atom. The van der Waals surface area contributed by atoms with Crippen LogP contribution in [0.4, 0.5) is 4.79 Å². The molecule has 0 bridgehead atoms. The number of ether oxygens (including phenoxy) is 2. The first-order valence-corrected chi connectivity index (χ1v) is 14.5. The monoisotopic (exact) mass is 543 g/mol. The van der Waals surface area contributed by atoms with Gasteiger partial charge in [-0.2, -0.15) is 0 Å². The summed E-state index contributed by atoms with van der Waals surface area (Å²) in [5.41, 5.74) is 8.80. The topological polar surface area (TPSA) is 137 Å². The molecular formula is C26H46ClN5O5. The van der Waals surface area contributed by atoms with Crippen molar-refractivity contribution in [1.29, 1.82) is 0 Å². The number of urea groups is 1. The number of azide groups is 1. The third kappa shape index (κ3) is 9.91. The van der Waals surface area contributed by atoms with E-state index in [2.05, 4.69) is 22.3 Å². The van der Waals surface area contributed by atoms with E-state index in [1.165, 1.54) is 82.5 Å². The Morgan fingerprint density at radius 3 is 2.14 bits per heavy atom. The van der Waals surface area contributed by atoms with Gasteiger partial charge in [-0.15, -0.1) is 11.6 Å². The number of amides is 3. The molecule has 11 heteroatoms. The number of rotatable bonds is 19. The van der Waals surface area contributed by atoms with Gasteiger partial charge in [-0.05, 0) is 18.9 Å². The summed E-state index contributed by atoms with van der Waals surface area (Å²) in [4.78, 5) is 27.7. The largest absolute Gasteiger partial charge is 0.394 e. The molecular weight excluding hydrogens is 498 g/mol. The van der Waals surface area contributed by atoms with E-state index in [9.17, 15) is 14.7 Å². The van der Waals surface area contributed by atoms with E-state index >= 15 is 0 Å². The molecule has 0 radical (unpaired) electrons.